The maximum atomic E-state index is 12.7. The molecule has 2 aromatic rings. The Hall–Kier alpha value is -1.17. The van der Waals surface area contributed by atoms with Crippen molar-refractivity contribution >= 4 is 26.0 Å². The highest BCUT2D eigenvalue weighted by Crippen LogP contribution is 2.39. The topological polar surface area (TPSA) is 37.4 Å². The van der Waals surface area contributed by atoms with E-state index in [1.54, 1.807) is 22.5 Å². The van der Waals surface area contributed by atoms with E-state index in [2.05, 4.69) is 15.9 Å². The summed E-state index contributed by atoms with van der Waals surface area (Å²) in [6.45, 7) is 0.573. The minimum Gasteiger partial charge on any atom is -0.207 e. The molecule has 0 spiro atoms. The molecule has 0 unspecified atom stereocenters. The summed E-state index contributed by atoms with van der Waals surface area (Å²) < 4.78 is 27.6. The fraction of sp³-hybridized carbons (Fsp3) is 0.200. The van der Waals surface area contributed by atoms with Crippen molar-refractivity contribution in [2.24, 2.45) is 0 Å². The molecule has 0 bridgehead atoms. The second kappa shape index (κ2) is 5.31. The molecule has 3 nitrogen and oxygen atoms in total. The fourth-order valence-electron chi connectivity index (χ4n) is 2.44. The minimum atomic E-state index is -3.44. The third-order valence-corrected chi connectivity index (χ3v) is 6.50. The van der Waals surface area contributed by atoms with E-state index < -0.39 is 10.0 Å². The van der Waals surface area contributed by atoms with Crippen LogP contribution in [-0.4, -0.2) is 19.3 Å². The van der Waals surface area contributed by atoms with Crippen LogP contribution in [0.15, 0.2) is 64.0 Å². The fourth-order valence-corrected chi connectivity index (χ4v) is 5.06. The average molecular weight is 352 g/mol. The Morgan fingerprint density at radius 1 is 1.00 bits per heavy atom. The van der Waals surface area contributed by atoms with Gasteiger partial charge in [0.15, 0.2) is 0 Å². The summed E-state index contributed by atoms with van der Waals surface area (Å²) in [4.78, 5) is 0.334. The molecule has 1 aliphatic rings. The van der Waals surface area contributed by atoms with Gasteiger partial charge in [-0.25, -0.2) is 8.42 Å². The van der Waals surface area contributed by atoms with Crippen molar-refractivity contribution in [2.45, 2.75) is 17.4 Å². The predicted molar refractivity (Wildman–Crippen MR) is 81.8 cm³/mol. The third-order valence-electron chi connectivity index (χ3n) is 3.58. The molecule has 0 amide bonds. The van der Waals surface area contributed by atoms with Crippen LogP contribution >= 0.6 is 15.9 Å². The predicted octanol–water partition coefficient (Wildman–Crippen LogP) is 3.58. The van der Waals surface area contributed by atoms with E-state index in [1.807, 2.05) is 36.4 Å². The average Bonchev–Trinajstić information content (AvgIpc) is 2.38. The molecular formula is C15H14BrNO2S. The molecule has 5 heteroatoms. The summed E-state index contributed by atoms with van der Waals surface area (Å²) >= 11 is 3.32. The van der Waals surface area contributed by atoms with E-state index in [0.29, 0.717) is 15.9 Å². The third kappa shape index (κ3) is 2.30. The zero-order valence-electron chi connectivity index (χ0n) is 10.7. The summed E-state index contributed by atoms with van der Waals surface area (Å²) in [5.74, 6) is 0. The van der Waals surface area contributed by atoms with E-state index in [0.717, 1.165) is 12.0 Å². The molecule has 104 valence electrons. The second-order valence-electron chi connectivity index (χ2n) is 4.76. The van der Waals surface area contributed by atoms with Gasteiger partial charge in [0.2, 0.25) is 10.0 Å². The molecule has 1 saturated heterocycles. The van der Waals surface area contributed by atoms with Crippen molar-refractivity contribution in [2.75, 3.05) is 6.54 Å². The molecular weight excluding hydrogens is 338 g/mol. The van der Waals surface area contributed by atoms with Gasteiger partial charge in [-0.1, -0.05) is 42.5 Å². The van der Waals surface area contributed by atoms with Crippen LogP contribution < -0.4 is 0 Å². The zero-order chi connectivity index (χ0) is 14.2. The first-order valence-electron chi connectivity index (χ1n) is 6.42. The number of nitrogens with zero attached hydrogens (tertiary/aromatic N) is 1. The Labute approximate surface area is 127 Å². The molecule has 0 saturated carbocycles. The Balaban J connectivity index is 1.95. The molecule has 1 fully saturated rings. The molecule has 0 aromatic heterocycles. The van der Waals surface area contributed by atoms with Gasteiger partial charge in [0.05, 0.1) is 10.9 Å². The quantitative estimate of drug-likeness (QED) is 0.847. The summed E-state index contributed by atoms with van der Waals surface area (Å²) in [6.07, 6.45) is 0.869. The highest BCUT2D eigenvalue weighted by molar-refractivity contribution is 9.10. The van der Waals surface area contributed by atoms with Crippen LogP contribution in [0.25, 0.3) is 0 Å². The summed E-state index contributed by atoms with van der Waals surface area (Å²) in [6, 6.07) is 16.7. The Bertz CT molecular complexity index is 716. The van der Waals surface area contributed by atoms with Gasteiger partial charge in [0.1, 0.15) is 0 Å². The first-order chi connectivity index (χ1) is 9.60. The molecule has 1 heterocycles. The molecule has 1 aliphatic heterocycles. The van der Waals surface area contributed by atoms with E-state index in [-0.39, 0.29) is 6.04 Å². The molecule has 2 aromatic carbocycles. The lowest BCUT2D eigenvalue weighted by atomic mass is 9.98. The maximum Gasteiger partial charge on any atom is 0.244 e. The van der Waals surface area contributed by atoms with Gasteiger partial charge in [-0.2, -0.15) is 4.31 Å². The van der Waals surface area contributed by atoms with Gasteiger partial charge >= 0.3 is 0 Å². The first kappa shape index (κ1) is 13.8. The van der Waals surface area contributed by atoms with Gasteiger partial charge in [-0.3, -0.25) is 0 Å². The van der Waals surface area contributed by atoms with Crippen LogP contribution in [0.2, 0.25) is 0 Å². The van der Waals surface area contributed by atoms with E-state index in [9.17, 15) is 8.42 Å². The lowest BCUT2D eigenvalue weighted by Crippen LogP contribution is -2.45. The standard InChI is InChI=1S/C15H14BrNO2S/c16-13-8-4-5-9-15(13)20(18,19)17-11-10-14(17)12-6-2-1-3-7-12/h1-9,14H,10-11H2/t14-/m1/s1. The number of hydrogen-bond donors (Lipinski definition) is 0. The summed E-state index contributed by atoms with van der Waals surface area (Å²) in [5, 5.41) is 0. The normalized spacial score (nSPS) is 19.6. The molecule has 0 N–H and O–H groups in total. The Morgan fingerprint density at radius 2 is 1.65 bits per heavy atom. The van der Waals surface area contributed by atoms with Crippen molar-refractivity contribution in [3.05, 3.63) is 64.6 Å². The minimum absolute atomic E-state index is 0.0479. The van der Waals surface area contributed by atoms with Crippen molar-refractivity contribution < 1.29 is 8.42 Å². The molecule has 1 atom stereocenters. The largest absolute Gasteiger partial charge is 0.244 e. The number of sulfonamides is 1. The van der Waals surface area contributed by atoms with E-state index in [4.69, 9.17) is 0 Å². The SMILES string of the molecule is O=S(=O)(c1ccccc1Br)N1CC[C@@H]1c1ccccc1. The van der Waals surface area contributed by atoms with Crippen molar-refractivity contribution in [1.29, 1.82) is 0 Å². The lowest BCUT2D eigenvalue weighted by molar-refractivity contribution is 0.202. The smallest absolute Gasteiger partial charge is 0.207 e. The molecule has 20 heavy (non-hydrogen) atoms. The highest BCUT2D eigenvalue weighted by atomic mass is 79.9. The van der Waals surface area contributed by atoms with Gasteiger partial charge in [-0.15, -0.1) is 0 Å². The number of benzene rings is 2. The van der Waals surface area contributed by atoms with Crippen LogP contribution in [-0.2, 0) is 10.0 Å². The summed E-state index contributed by atoms with van der Waals surface area (Å²) in [5.41, 5.74) is 1.05. The molecule has 3 rings (SSSR count). The Morgan fingerprint density at radius 3 is 2.25 bits per heavy atom. The molecule has 0 aliphatic carbocycles. The second-order valence-corrected chi connectivity index (χ2v) is 7.47. The first-order valence-corrected chi connectivity index (χ1v) is 8.65. The summed E-state index contributed by atoms with van der Waals surface area (Å²) in [7, 11) is -3.44. The number of hydrogen-bond acceptors (Lipinski definition) is 2. The van der Waals surface area contributed by atoms with Gasteiger partial charge in [0.25, 0.3) is 0 Å². The van der Waals surface area contributed by atoms with Gasteiger partial charge in [0, 0.05) is 11.0 Å². The van der Waals surface area contributed by atoms with E-state index in [1.165, 1.54) is 0 Å². The van der Waals surface area contributed by atoms with E-state index >= 15 is 0 Å². The number of rotatable bonds is 3. The highest BCUT2D eigenvalue weighted by Gasteiger charge is 2.39. The van der Waals surface area contributed by atoms with Crippen LogP contribution in [0.4, 0.5) is 0 Å². The lowest BCUT2D eigenvalue weighted by Gasteiger charge is -2.40. The monoisotopic (exact) mass is 351 g/mol. The zero-order valence-corrected chi connectivity index (χ0v) is 13.1. The number of halogens is 1. The molecule has 0 radical (unpaired) electrons. The van der Waals surface area contributed by atoms with Crippen molar-refractivity contribution in [3.8, 4) is 0 Å². The van der Waals surface area contributed by atoms with Crippen LogP contribution in [0.1, 0.15) is 18.0 Å². The van der Waals surface area contributed by atoms with Gasteiger partial charge < -0.3 is 0 Å². The van der Waals surface area contributed by atoms with Crippen LogP contribution in [0.3, 0.4) is 0 Å². The van der Waals surface area contributed by atoms with Crippen LogP contribution in [0.5, 0.6) is 0 Å². The van der Waals surface area contributed by atoms with Crippen LogP contribution in [0, 0.1) is 0 Å². The van der Waals surface area contributed by atoms with Crippen molar-refractivity contribution in [1.82, 2.24) is 4.31 Å². The maximum absolute atomic E-state index is 12.7. The Kier molecular flexibility index (Phi) is 3.67. The van der Waals surface area contributed by atoms with Gasteiger partial charge in [-0.05, 0) is 40.0 Å². The van der Waals surface area contributed by atoms with Crippen molar-refractivity contribution in [3.63, 3.8) is 0 Å².